The van der Waals surface area contributed by atoms with Gasteiger partial charge in [-0.1, -0.05) is 35.5 Å². The number of aromatic nitrogens is 2. The zero-order valence-corrected chi connectivity index (χ0v) is 7.84. The van der Waals surface area contributed by atoms with Crippen LogP contribution in [-0.2, 0) is 0 Å². The number of hydrogen-bond donors (Lipinski definition) is 1. The van der Waals surface area contributed by atoms with E-state index in [1.165, 1.54) is 0 Å². The zero-order valence-electron chi connectivity index (χ0n) is 7.84. The predicted octanol–water partition coefficient (Wildman–Crippen LogP) is 1.43. The number of hydrogen-bond acceptors (Lipinski definition) is 4. The van der Waals surface area contributed by atoms with Crippen molar-refractivity contribution in [2.75, 3.05) is 0 Å². The summed E-state index contributed by atoms with van der Waals surface area (Å²) in [5.41, 5.74) is 6.90. The van der Waals surface area contributed by atoms with Gasteiger partial charge in [-0.2, -0.15) is 4.98 Å². The first-order valence-electron chi connectivity index (χ1n) is 4.38. The van der Waals surface area contributed by atoms with Crippen LogP contribution in [0, 0.1) is 6.92 Å². The lowest BCUT2D eigenvalue weighted by Gasteiger charge is -2.05. The Morgan fingerprint density at radius 3 is 2.57 bits per heavy atom. The van der Waals surface area contributed by atoms with Crippen LogP contribution < -0.4 is 5.73 Å². The molecular formula is C10H11N3O. The number of rotatable bonds is 2. The second-order valence-corrected chi connectivity index (χ2v) is 3.07. The van der Waals surface area contributed by atoms with Gasteiger partial charge in [-0.3, -0.25) is 0 Å². The highest BCUT2D eigenvalue weighted by molar-refractivity contribution is 5.22. The van der Waals surface area contributed by atoms with Gasteiger partial charge in [0.2, 0.25) is 5.89 Å². The first-order chi connectivity index (χ1) is 6.77. The van der Waals surface area contributed by atoms with Crippen LogP contribution in [0.5, 0.6) is 0 Å². The van der Waals surface area contributed by atoms with Crippen LogP contribution in [0.3, 0.4) is 0 Å². The minimum absolute atomic E-state index is 0.336. The van der Waals surface area contributed by atoms with E-state index in [0.29, 0.717) is 11.7 Å². The first-order valence-corrected chi connectivity index (χ1v) is 4.38. The molecule has 0 fully saturated rings. The molecule has 0 amide bonds. The molecule has 2 aromatic rings. The third-order valence-electron chi connectivity index (χ3n) is 1.97. The minimum atomic E-state index is -0.336. The Hall–Kier alpha value is -1.68. The van der Waals surface area contributed by atoms with E-state index < -0.39 is 0 Å². The highest BCUT2D eigenvalue weighted by Gasteiger charge is 2.14. The smallest absolute Gasteiger partial charge is 0.248 e. The molecule has 0 bridgehead atoms. The second-order valence-electron chi connectivity index (χ2n) is 3.07. The molecule has 1 atom stereocenters. The quantitative estimate of drug-likeness (QED) is 0.776. The van der Waals surface area contributed by atoms with E-state index in [0.717, 1.165) is 5.56 Å². The number of nitrogens with zero attached hydrogens (tertiary/aromatic N) is 2. The van der Waals surface area contributed by atoms with Gasteiger partial charge in [-0.15, -0.1) is 0 Å². The molecule has 2 N–H and O–H groups in total. The molecule has 14 heavy (non-hydrogen) atoms. The minimum Gasteiger partial charge on any atom is -0.337 e. The van der Waals surface area contributed by atoms with Crippen molar-refractivity contribution in [2.45, 2.75) is 13.0 Å². The molecule has 72 valence electrons. The maximum atomic E-state index is 5.93. The number of nitrogens with two attached hydrogens (primary N) is 1. The van der Waals surface area contributed by atoms with Gasteiger partial charge < -0.3 is 10.3 Å². The molecule has 0 radical (unpaired) electrons. The van der Waals surface area contributed by atoms with Gasteiger partial charge in [0.05, 0.1) is 0 Å². The molecule has 0 aliphatic carbocycles. The zero-order chi connectivity index (χ0) is 9.97. The molecule has 1 aromatic heterocycles. The summed E-state index contributed by atoms with van der Waals surface area (Å²) in [5, 5.41) is 3.70. The predicted molar refractivity (Wildman–Crippen MR) is 51.5 cm³/mol. The van der Waals surface area contributed by atoms with Gasteiger partial charge >= 0.3 is 0 Å². The fraction of sp³-hybridized carbons (Fsp3) is 0.200. The lowest BCUT2D eigenvalue weighted by molar-refractivity contribution is 0.364. The summed E-state index contributed by atoms with van der Waals surface area (Å²) in [6, 6.07) is 9.33. The Bertz CT molecular complexity index is 410. The van der Waals surface area contributed by atoms with Gasteiger partial charge in [0.1, 0.15) is 6.04 Å². The van der Waals surface area contributed by atoms with E-state index in [-0.39, 0.29) is 6.04 Å². The molecule has 0 saturated carbocycles. The maximum absolute atomic E-state index is 5.93. The first kappa shape index (κ1) is 8.90. The molecule has 4 nitrogen and oxygen atoms in total. The summed E-state index contributed by atoms with van der Waals surface area (Å²) in [6.45, 7) is 1.77. The van der Waals surface area contributed by atoms with Crippen LogP contribution in [0.25, 0.3) is 0 Å². The molecule has 1 aromatic carbocycles. The highest BCUT2D eigenvalue weighted by atomic mass is 16.5. The molecule has 2 rings (SSSR count). The van der Waals surface area contributed by atoms with Crippen molar-refractivity contribution in [1.82, 2.24) is 10.1 Å². The maximum Gasteiger partial charge on any atom is 0.248 e. The van der Waals surface area contributed by atoms with Crippen LogP contribution in [0.4, 0.5) is 0 Å². The molecule has 1 heterocycles. The van der Waals surface area contributed by atoms with Crippen LogP contribution in [-0.4, -0.2) is 10.1 Å². The fourth-order valence-corrected chi connectivity index (χ4v) is 1.24. The van der Waals surface area contributed by atoms with Crippen molar-refractivity contribution in [3.63, 3.8) is 0 Å². The van der Waals surface area contributed by atoms with Crippen molar-refractivity contribution < 1.29 is 4.52 Å². The monoisotopic (exact) mass is 189 g/mol. The molecule has 0 aliphatic heterocycles. The Kier molecular flexibility index (Phi) is 2.28. The summed E-state index contributed by atoms with van der Waals surface area (Å²) < 4.78 is 4.99. The summed E-state index contributed by atoms with van der Waals surface area (Å²) in [6.07, 6.45) is 0. The van der Waals surface area contributed by atoms with Crippen LogP contribution in [0.2, 0.25) is 0 Å². The third kappa shape index (κ3) is 1.65. The van der Waals surface area contributed by atoms with Crippen LogP contribution in [0.15, 0.2) is 34.9 Å². The molecular weight excluding hydrogens is 178 g/mol. The Morgan fingerprint density at radius 2 is 2.00 bits per heavy atom. The number of aryl methyl sites for hydroxylation is 1. The molecule has 0 aliphatic rings. The van der Waals surface area contributed by atoms with Crippen molar-refractivity contribution in [3.05, 3.63) is 47.6 Å². The summed E-state index contributed by atoms with van der Waals surface area (Å²) in [5.74, 6) is 1.06. The van der Waals surface area contributed by atoms with E-state index >= 15 is 0 Å². The third-order valence-corrected chi connectivity index (χ3v) is 1.97. The molecule has 4 heteroatoms. The van der Waals surface area contributed by atoms with Crippen LogP contribution in [0.1, 0.15) is 23.3 Å². The van der Waals surface area contributed by atoms with Gasteiger partial charge in [-0.25, -0.2) is 0 Å². The van der Waals surface area contributed by atoms with Gasteiger partial charge in [0.15, 0.2) is 5.82 Å². The van der Waals surface area contributed by atoms with Gasteiger partial charge in [-0.05, 0) is 12.5 Å². The van der Waals surface area contributed by atoms with E-state index in [2.05, 4.69) is 10.1 Å². The average Bonchev–Trinajstić information content (AvgIpc) is 2.65. The topological polar surface area (TPSA) is 64.9 Å². The summed E-state index contributed by atoms with van der Waals surface area (Å²) in [4.78, 5) is 4.08. The lowest BCUT2D eigenvalue weighted by atomic mass is 10.1. The standard InChI is InChI=1S/C10H11N3O/c1-7-12-10(14-13-7)9(11)8-5-3-2-4-6-8/h2-6,9H,11H2,1H3/t9-/m0/s1. The van der Waals surface area contributed by atoms with Gasteiger partial charge in [0.25, 0.3) is 0 Å². The normalized spacial score (nSPS) is 12.7. The van der Waals surface area contributed by atoms with E-state index in [1.54, 1.807) is 6.92 Å². The lowest BCUT2D eigenvalue weighted by Crippen LogP contribution is -2.11. The highest BCUT2D eigenvalue weighted by Crippen LogP contribution is 2.16. The molecule has 0 saturated heterocycles. The Labute approximate surface area is 81.7 Å². The van der Waals surface area contributed by atoms with Crippen molar-refractivity contribution in [1.29, 1.82) is 0 Å². The average molecular weight is 189 g/mol. The molecule has 0 unspecified atom stereocenters. The fourth-order valence-electron chi connectivity index (χ4n) is 1.24. The summed E-state index contributed by atoms with van der Waals surface area (Å²) >= 11 is 0. The largest absolute Gasteiger partial charge is 0.337 e. The van der Waals surface area contributed by atoms with Crippen molar-refractivity contribution >= 4 is 0 Å². The van der Waals surface area contributed by atoms with Crippen molar-refractivity contribution in [2.24, 2.45) is 5.73 Å². The van der Waals surface area contributed by atoms with Crippen LogP contribution >= 0.6 is 0 Å². The van der Waals surface area contributed by atoms with E-state index in [4.69, 9.17) is 10.3 Å². The Balaban J connectivity index is 2.29. The van der Waals surface area contributed by atoms with Gasteiger partial charge in [0, 0.05) is 0 Å². The van der Waals surface area contributed by atoms with E-state index in [1.807, 2.05) is 30.3 Å². The van der Waals surface area contributed by atoms with Crippen molar-refractivity contribution in [3.8, 4) is 0 Å². The number of benzene rings is 1. The SMILES string of the molecule is Cc1noc([C@@H](N)c2ccccc2)n1. The summed E-state index contributed by atoms with van der Waals surface area (Å²) in [7, 11) is 0. The van der Waals surface area contributed by atoms with E-state index in [9.17, 15) is 0 Å². The Morgan fingerprint density at radius 1 is 1.29 bits per heavy atom. The second kappa shape index (κ2) is 3.59. The molecule has 0 spiro atoms.